The molecule has 0 saturated heterocycles. The molecule has 132 valence electrons. The van der Waals surface area contributed by atoms with Crippen molar-refractivity contribution in [2.45, 2.75) is 33.6 Å². The van der Waals surface area contributed by atoms with E-state index in [1.54, 1.807) is 6.92 Å². The molecule has 1 aromatic carbocycles. The van der Waals surface area contributed by atoms with E-state index >= 15 is 0 Å². The summed E-state index contributed by atoms with van der Waals surface area (Å²) in [6.45, 7) is 5.70. The Balaban J connectivity index is 1.72. The van der Waals surface area contributed by atoms with E-state index in [1.807, 2.05) is 38.1 Å². The Morgan fingerprint density at radius 2 is 2.00 bits per heavy atom. The number of fused-ring (bicyclic) bond motifs is 1. The lowest BCUT2D eigenvalue weighted by atomic mass is 10.1. The van der Waals surface area contributed by atoms with Crippen LogP contribution in [0, 0.1) is 13.8 Å². The highest BCUT2D eigenvalue weighted by atomic mass is 16.5. The maximum Gasteiger partial charge on any atom is 0.274 e. The highest BCUT2D eigenvalue weighted by Crippen LogP contribution is 2.28. The second kappa shape index (κ2) is 6.25. The molecule has 0 atom stereocenters. The van der Waals surface area contributed by atoms with Crippen LogP contribution in [0.4, 0.5) is 0 Å². The molecule has 7 heteroatoms. The Hall–Kier alpha value is -3.22. The molecule has 2 N–H and O–H groups in total. The Labute approximate surface area is 149 Å². The van der Waals surface area contributed by atoms with E-state index in [9.17, 15) is 4.79 Å². The van der Waals surface area contributed by atoms with Gasteiger partial charge in [-0.3, -0.25) is 4.79 Å². The van der Waals surface area contributed by atoms with Crippen LogP contribution in [0.3, 0.4) is 0 Å². The summed E-state index contributed by atoms with van der Waals surface area (Å²) in [6.07, 6.45) is 1.30. The molecule has 0 aliphatic rings. The van der Waals surface area contributed by atoms with Gasteiger partial charge < -0.3 is 14.5 Å². The van der Waals surface area contributed by atoms with Crippen molar-refractivity contribution in [2.24, 2.45) is 0 Å². The highest BCUT2D eigenvalue weighted by Gasteiger charge is 2.15. The van der Waals surface area contributed by atoms with Gasteiger partial charge in [-0.15, -0.1) is 0 Å². The van der Waals surface area contributed by atoms with Crippen LogP contribution in [-0.4, -0.2) is 30.9 Å². The normalized spacial score (nSPS) is 11.3. The number of carbonyl (C=O) groups is 1. The van der Waals surface area contributed by atoms with E-state index in [1.165, 1.54) is 0 Å². The van der Waals surface area contributed by atoms with Crippen LogP contribution in [0.1, 0.15) is 41.9 Å². The summed E-state index contributed by atoms with van der Waals surface area (Å²) in [4.78, 5) is 27.2. The number of nitrogens with zero attached hydrogens (tertiary/aromatic N) is 3. The minimum Gasteiger partial charge on any atom is -0.351 e. The molecular weight excluding hydrogens is 330 g/mol. The molecule has 0 radical (unpaired) electrons. The summed E-state index contributed by atoms with van der Waals surface area (Å²) in [7, 11) is 0. The fraction of sp³-hybridized carbons (Fsp3) is 0.263. The minimum absolute atomic E-state index is 0.0404. The third kappa shape index (κ3) is 2.81. The van der Waals surface area contributed by atoms with Crippen LogP contribution in [0.15, 0.2) is 28.8 Å². The van der Waals surface area contributed by atoms with Crippen molar-refractivity contribution in [3.05, 3.63) is 41.6 Å². The predicted molar refractivity (Wildman–Crippen MR) is 97.9 cm³/mol. The van der Waals surface area contributed by atoms with E-state index in [0.717, 1.165) is 40.0 Å². The Bertz CT molecular complexity index is 1100. The third-order valence-corrected chi connectivity index (χ3v) is 4.28. The number of hydrogen-bond acceptors (Lipinski definition) is 5. The largest absolute Gasteiger partial charge is 0.351 e. The topological polar surface area (TPSA) is 100 Å². The highest BCUT2D eigenvalue weighted by molar-refractivity contribution is 5.94. The van der Waals surface area contributed by atoms with Crippen molar-refractivity contribution in [1.29, 1.82) is 0 Å². The number of aromatic amines is 2. The minimum atomic E-state index is 0.0404. The van der Waals surface area contributed by atoms with Gasteiger partial charge in [-0.05, 0) is 38.5 Å². The summed E-state index contributed by atoms with van der Waals surface area (Å²) in [5.41, 5.74) is 4.37. The van der Waals surface area contributed by atoms with E-state index in [2.05, 4.69) is 25.1 Å². The number of aryl methyl sites for hydroxylation is 2. The van der Waals surface area contributed by atoms with Crippen molar-refractivity contribution >= 4 is 16.7 Å². The number of ketones is 1. The van der Waals surface area contributed by atoms with Crippen molar-refractivity contribution in [1.82, 2.24) is 25.1 Å². The second-order valence-corrected chi connectivity index (χ2v) is 6.36. The first-order valence-corrected chi connectivity index (χ1v) is 8.58. The second-order valence-electron chi connectivity index (χ2n) is 6.36. The molecule has 0 aliphatic heterocycles. The standard InChI is InChI=1S/C19H19N5O2/c1-4-5-16(25)18-20-10(2)17(23-18)12-6-7-14-13(8-12)9-15(22-14)19-21-11(3)24-26-19/h6-9,22H,4-5H2,1-3H3,(H,20,23). The fourth-order valence-corrected chi connectivity index (χ4v) is 3.02. The number of rotatable bonds is 5. The fourth-order valence-electron chi connectivity index (χ4n) is 3.02. The SMILES string of the molecule is CCCC(=O)c1nc(-c2ccc3[nH]c(-c4nc(C)no4)cc3c2)c(C)[nH]1. The Morgan fingerprint density at radius 3 is 2.73 bits per heavy atom. The van der Waals surface area contributed by atoms with E-state index < -0.39 is 0 Å². The van der Waals surface area contributed by atoms with Crippen molar-refractivity contribution in [2.75, 3.05) is 0 Å². The Kier molecular flexibility index (Phi) is 3.91. The van der Waals surface area contributed by atoms with Crippen LogP contribution < -0.4 is 0 Å². The molecule has 0 amide bonds. The predicted octanol–water partition coefficient (Wildman–Crippen LogP) is 4.21. The van der Waals surface area contributed by atoms with E-state index in [-0.39, 0.29) is 5.78 Å². The van der Waals surface area contributed by atoms with Crippen molar-refractivity contribution < 1.29 is 9.32 Å². The molecule has 4 aromatic rings. The summed E-state index contributed by atoms with van der Waals surface area (Å²) in [6, 6.07) is 7.98. The lowest BCUT2D eigenvalue weighted by Gasteiger charge is -1.99. The monoisotopic (exact) mass is 349 g/mol. The number of Topliss-reactive ketones (excluding diaryl/α,β-unsaturated/α-hetero) is 1. The zero-order valence-corrected chi connectivity index (χ0v) is 14.9. The summed E-state index contributed by atoms with van der Waals surface area (Å²) in [5, 5.41) is 4.83. The first kappa shape index (κ1) is 16.3. The third-order valence-electron chi connectivity index (χ3n) is 4.28. The number of benzene rings is 1. The van der Waals surface area contributed by atoms with Gasteiger partial charge >= 0.3 is 0 Å². The van der Waals surface area contributed by atoms with E-state index in [4.69, 9.17) is 4.52 Å². The van der Waals surface area contributed by atoms with Crippen LogP contribution in [0.25, 0.3) is 33.7 Å². The molecular formula is C19H19N5O2. The average molecular weight is 349 g/mol. The average Bonchev–Trinajstić information content (AvgIpc) is 3.32. The van der Waals surface area contributed by atoms with Crippen LogP contribution >= 0.6 is 0 Å². The molecule has 0 fully saturated rings. The molecule has 0 aliphatic carbocycles. The molecule has 4 rings (SSSR count). The molecule has 0 bridgehead atoms. The first-order valence-electron chi connectivity index (χ1n) is 8.58. The molecule has 26 heavy (non-hydrogen) atoms. The van der Waals surface area contributed by atoms with Gasteiger partial charge in [0, 0.05) is 28.6 Å². The van der Waals surface area contributed by atoms with Crippen LogP contribution in [0.2, 0.25) is 0 Å². The van der Waals surface area contributed by atoms with Gasteiger partial charge in [0.2, 0.25) is 0 Å². The number of imidazole rings is 1. The number of H-pyrrole nitrogens is 2. The summed E-state index contributed by atoms with van der Waals surface area (Å²) >= 11 is 0. The van der Waals surface area contributed by atoms with Crippen LogP contribution in [-0.2, 0) is 0 Å². The summed E-state index contributed by atoms with van der Waals surface area (Å²) < 4.78 is 5.22. The van der Waals surface area contributed by atoms with E-state index in [0.29, 0.717) is 24.0 Å². The quantitative estimate of drug-likeness (QED) is 0.526. The maximum absolute atomic E-state index is 12.1. The van der Waals surface area contributed by atoms with Gasteiger partial charge in [0.25, 0.3) is 5.89 Å². The number of hydrogen-bond donors (Lipinski definition) is 2. The smallest absolute Gasteiger partial charge is 0.274 e. The molecule has 0 spiro atoms. The molecule has 3 heterocycles. The lowest BCUT2D eigenvalue weighted by Crippen LogP contribution is -2.00. The molecule has 3 aromatic heterocycles. The van der Waals surface area contributed by atoms with Gasteiger partial charge in [-0.2, -0.15) is 4.98 Å². The van der Waals surface area contributed by atoms with Crippen LogP contribution in [0.5, 0.6) is 0 Å². The van der Waals surface area contributed by atoms with Crippen molar-refractivity contribution in [3.8, 4) is 22.8 Å². The molecule has 0 saturated carbocycles. The zero-order valence-electron chi connectivity index (χ0n) is 14.9. The maximum atomic E-state index is 12.1. The number of carbonyl (C=O) groups excluding carboxylic acids is 1. The lowest BCUT2D eigenvalue weighted by molar-refractivity contribution is 0.0972. The zero-order chi connectivity index (χ0) is 18.3. The van der Waals surface area contributed by atoms with Gasteiger partial charge in [0.1, 0.15) is 5.69 Å². The number of aromatic nitrogens is 5. The molecule has 0 unspecified atom stereocenters. The van der Waals surface area contributed by atoms with Gasteiger partial charge in [-0.25, -0.2) is 4.98 Å². The summed E-state index contributed by atoms with van der Waals surface area (Å²) in [5.74, 6) is 1.52. The molecule has 7 nitrogen and oxygen atoms in total. The van der Waals surface area contributed by atoms with Gasteiger partial charge in [0.15, 0.2) is 17.4 Å². The van der Waals surface area contributed by atoms with Gasteiger partial charge in [0.05, 0.1) is 5.69 Å². The number of nitrogens with one attached hydrogen (secondary N) is 2. The van der Waals surface area contributed by atoms with Gasteiger partial charge in [-0.1, -0.05) is 18.1 Å². The Morgan fingerprint density at radius 1 is 1.15 bits per heavy atom. The first-order chi connectivity index (χ1) is 12.5. The van der Waals surface area contributed by atoms with Crippen molar-refractivity contribution in [3.63, 3.8) is 0 Å².